The predicted molar refractivity (Wildman–Crippen MR) is 125 cm³/mol. The van der Waals surface area contributed by atoms with E-state index < -0.39 is 0 Å². The van der Waals surface area contributed by atoms with Crippen LogP contribution in [0, 0.1) is 0 Å². The van der Waals surface area contributed by atoms with Crippen LogP contribution in [0.1, 0.15) is 18.1 Å². The Kier molecular flexibility index (Phi) is 8.53. The van der Waals surface area contributed by atoms with Gasteiger partial charge in [0.1, 0.15) is 0 Å². The first kappa shape index (κ1) is 22.1. The number of benzene rings is 2. The van der Waals surface area contributed by atoms with Crippen LogP contribution in [0.4, 0.5) is 5.69 Å². The fourth-order valence-electron chi connectivity index (χ4n) is 3.58. The highest BCUT2D eigenvalue weighted by Gasteiger charge is 2.13. The van der Waals surface area contributed by atoms with Gasteiger partial charge in [-0.15, -0.1) is 0 Å². The van der Waals surface area contributed by atoms with E-state index in [1.165, 1.54) is 16.8 Å². The van der Waals surface area contributed by atoms with Crippen LogP contribution in [-0.2, 0) is 17.8 Å². The lowest BCUT2D eigenvalue weighted by atomic mass is 10.1. The highest BCUT2D eigenvalue weighted by molar-refractivity contribution is 5.79. The molecule has 0 radical (unpaired) electrons. The lowest BCUT2D eigenvalue weighted by molar-refractivity contribution is 0.0341. The van der Waals surface area contributed by atoms with Gasteiger partial charge < -0.3 is 20.3 Å². The predicted octanol–water partition coefficient (Wildman–Crippen LogP) is 2.71. The fraction of sp³-hybridized carbons (Fsp3) is 0.458. The van der Waals surface area contributed by atoms with Crippen molar-refractivity contribution in [1.29, 1.82) is 0 Å². The number of nitrogens with one attached hydrogen (secondary N) is 2. The number of aliphatic imine (C=N–C) groups is 1. The largest absolute Gasteiger partial charge is 0.379 e. The highest BCUT2D eigenvalue weighted by Crippen LogP contribution is 2.14. The number of morpholine rings is 1. The number of likely N-dealkylation sites (N-methyl/N-ethyl adjacent to an activating group) is 1. The number of hydrogen-bond donors (Lipinski definition) is 2. The molecule has 0 aromatic heterocycles. The topological polar surface area (TPSA) is 52.1 Å². The molecule has 3 rings (SSSR count). The monoisotopic (exact) mass is 409 g/mol. The van der Waals surface area contributed by atoms with Gasteiger partial charge in [0, 0.05) is 58.5 Å². The normalized spacial score (nSPS) is 16.2. The van der Waals surface area contributed by atoms with Crippen molar-refractivity contribution < 1.29 is 4.74 Å². The lowest BCUT2D eigenvalue weighted by Crippen LogP contribution is -2.44. The molecule has 1 saturated heterocycles. The maximum atomic E-state index is 5.47. The van der Waals surface area contributed by atoms with E-state index in [-0.39, 0.29) is 0 Å². The molecule has 2 aromatic carbocycles. The van der Waals surface area contributed by atoms with E-state index in [4.69, 9.17) is 4.74 Å². The van der Waals surface area contributed by atoms with E-state index in [1.807, 2.05) is 13.1 Å². The van der Waals surface area contributed by atoms with E-state index in [0.29, 0.717) is 6.04 Å². The lowest BCUT2D eigenvalue weighted by Gasteiger charge is -2.28. The summed E-state index contributed by atoms with van der Waals surface area (Å²) in [4.78, 5) is 9.13. The number of anilines is 1. The number of nitrogens with zero attached hydrogens (tertiary/aromatic N) is 3. The zero-order valence-corrected chi connectivity index (χ0v) is 18.5. The van der Waals surface area contributed by atoms with E-state index >= 15 is 0 Å². The van der Waals surface area contributed by atoms with Gasteiger partial charge in [-0.25, -0.2) is 0 Å². The Hall–Kier alpha value is -2.57. The summed E-state index contributed by atoms with van der Waals surface area (Å²) in [6.45, 7) is 8.38. The first-order valence-electron chi connectivity index (χ1n) is 10.8. The van der Waals surface area contributed by atoms with Crippen LogP contribution < -0.4 is 15.5 Å². The van der Waals surface area contributed by atoms with Gasteiger partial charge in [0.25, 0.3) is 0 Å². The Bertz CT molecular complexity index is 789. The number of guanidine groups is 1. The van der Waals surface area contributed by atoms with Gasteiger partial charge in [-0.2, -0.15) is 0 Å². The van der Waals surface area contributed by atoms with Crippen molar-refractivity contribution in [3.8, 4) is 0 Å². The minimum Gasteiger partial charge on any atom is -0.379 e. The molecular weight excluding hydrogens is 374 g/mol. The van der Waals surface area contributed by atoms with E-state index in [2.05, 4.69) is 87.9 Å². The van der Waals surface area contributed by atoms with E-state index in [9.17, 15) is 0 Å². The minimum atomic E-state index is 0.333. The molecule has 1 atom stereocenters. The van der Waals surface area contributed by atoms with Gasteiger partial charge in [-0.1, -0.05) is 42.5 Å². The molecule has 6 nitrogen and oxygen atoms in total. The summed E-state index contributed by atoms with van der Waals surface area (Å²) in [6, 6.07) is 19.4. The van der Waals surface area contributed by atoms with Gasteiger partial charge in [-0.3, -0.25) is 9.89 Å². The maximum absolute atomic E-state index is 5.47. The quantitative estimate of drug-likeness (QED) is 0.519. The van der Waals surface area contributed by atoms with Crippen LogP contribution in [0.15, 0.2) is 59.6 Å². The Morgan fingerprint density at radius 2 is 1.70 bits per heavy atom. The highest BCUT2D eigenvalue weighted by atomic mass is 16.5. The van der Waals surface area contributed by atoms with Crippen LogP contribution in [0.25, 0.3) is 0 Å². The number of para-hydroxylation sites is 1. The van der Waals surface area contributed by atoms with Crippen LogP contribution in [0.5, 0.6) is 0 Å². The maximum Gasteiger partial charge on any atom is 0.191 e. The van der Waals surface area contributed by atoms with Crippen LogP contribution in [0.3, 0.4) is 0 Å². The molecule has 30 heavy (non-hydrogen) atoms. The van der Waals surface area contributed by atoms with E-state index in [0.717, 1.165) is 51.9 Å². The van der Waals surface area contributed by atoms with Crippen molar-refractivity contribution in [2.45, 2.75) is 26.1 Å². The molecule has 0 aliphatic carbocycles. The third-order valence-electron chi connectivity index (χ3n) is 5.68. The molecule has 1 unspecified atom stereocenters. The average molecular weight is 410 g/mol. The van der Waals surface area contributed by atoms with E-state index in [1.54, 1.807) is 0 Å². The summed E-state index contributed by atoms with van der Waals surface area (Å²) < 4.78 is 5.47. The van der Waals surface area contributed by atoms with Gasteiger partial charge in [0.05, 0.1) is 13.2 Å². The number of ether oxygens (including phenoxy) is 1. The Balaban J connectivity index is 1.50. The van der Waals surface area contributed by atoms with Crippen LogP contribution in [0.2, 0.25) is 0 Å². The fourth-order valence-corrected chi connectivity index (χ4v) is 3.58. The Morgan fingerprint density at radius 1 is 1.03 bits per heavy atom. The standard InChI is InChI=1S/C24H35N5O/c1-20(28(3)23-11-5-4-6-12-23)17-26-24(25-2)27-18-21-9-7-8-10-22(21)19-29-13-15-30-16-14-29/h4-12,20H,13-19H2,1-3H3,(H2,25,26,27). The van der Waals surface area contributed by atoms with Gasteiger partial charge in [0.2, 0.25) is 0 Å². The third-order valence-corrected chi connectivity index (χ3v) is 5.68. The molecule has 0 spiro atoms. The molecular formula is C24H35N5O. The molecule has 6 heteroatoms. The van der Waals surface area contributed by atoms with Gasteiger partial charge in [-0.05, 0) is 30.2 Å². The average Bonchev–Trinajstić information content (AvgIpc) is 2.80. The van der Waals surface area contributed by atoms with Crippen molar-refractivity contribution in [2.24, 2.45) is 4.99 Å². The van der Waals surface area contributed by atoms with Crippen molar-refractivity contribution in [3.63, 3.8) is 0 Å². The summed E-state index contributed by atoms with van der Waals surface area (Å²) in [6.07, 6.45) is 0. The van der Waals surface area contributed by atoms with Crippen LogP contribution >= 0.6 is 0 Å². The van der Waals surface area contributed by atoms with Crippen LogP contribution in [-0.4, -0.2) is 63.8 Å². The first-order valence-corrected chi connectivity index (χ1v) is 10.8. The summed E-state index contributed by atoms with van der Waals surface area (Å²) in [7, 11) is 3.94. The molecule has 162 valence electrons. The summed E-state index contributed by atoms with van der Waals surface area (Å²) in [5, 5.41) is 6.94. The molecule has 0 amide bonds. The Morgan fingerprint density at radius 3 is 2.40 bits per heavy atom. The molecule has 2 N–H and O–H groups in total. The molecule has 1 heterocycles. The summed E-state index contributed by atoms with van der Waals surface area (Å²) in [5.74, 6) is 0.824. The number of rotatable bonds is 8. The Labute approximate surface area is 180 Å². The second kappa shape index (κ2) is 11.6. The first-order chi connectivity index (χ1) is 14.7. The smallest absolute Gasteiger partial charge is 0.191 e. The van der Waals surface area contributed by atoms with Crippen molar-refractivity contribution in [1.82, 2.24) is 15.5 Å². The molecule has 0 bridgehead atoms. The van der Waals surface area contributed by atoms with Gasteiger partial charge in [0.15, 0.2) is 5.96 Å². The second-order valence-corrected chi connectivity index (χ2v) is 7.76. The zero-order chi connectivity index (χ0) is 21.2. The SMILES string of the molecule is CN=C(NCc1ccccc1CN1CCOCC1)NCC(C)N(C)c1ccccc1. The third kappa shape index (κ3) is 6.47. The summed E-state index contributed by atoms with van der Waals surface area (Å²) >= 11 is 0. The summed E-state index contributed by atoms with van der Waals surface area (Å²) in [5.41, 5.74) is 3.88. The molecule has 1 aliphatic heterocycles. The second-order valence-electron chi connectivity index (χ2n) is 7.76. The van der Waals surface area contributed by atoms with Crippen molar-refractivity contribution in [3.05, 3.63) is 65.7 Å². The molecule has 1 aliphatic rings. The molecule has 2 aromatic rings. The minimum absolute atomic E-state index is 0.333. The zero-order valence-electron chi connectivity index (χ0n) is 18.5. The molecule has 1 fully saturated rings. The number of hydrogen-bond acceptors (Lipinski definition) is 4. The van der Waals surface area contributed by atoms with Gasteiger partial charge >= 0.3 is 0 Å². The molecule has 0 saturated carbocycles. The van der Waals surface area contributed by atoms with Crippen molar-refractivity contribution in [2.75, 3.05) is 51.8 Å². The van der Waals surface area contributed by atoms with Crippen molar-refractivity contribution >= 4 is 11.6 Å².